The van der Waals surface area contributed by atoms with E-state index in [-0.39, 0.29) is 11.5 Å². The molecule has 0 radical (unpaired) electrons. The van der Waals surface area contributed by atoms with Gasteiger partial charge >= 0.3 is 0 Å². The monoisotopic (exact) mass is 343 g/mol. The number of carbonyl (C=O) groups is 1. The molecule has 0 saturated heterocycles. The van der Waals surface area contributed by atoms with Gasteiger partial charge in [0.15, 0.2) is 0 Å². The molecule has 0 atom stereocenters. The molecule has 7 heteroatoms. The fraction of sp³-hybridized carbons (Fsp3) is 0.444. The van der Waals surface area contributed by atoms with E-state index in [1.807, 2.05) is 52.8 Å². The Morgan fingerprint density at radius 1 is 1.24 bits per heavy atom. The van der Waals surface area contributed by atoms with Gasteiger partial charge in [-0.25, -0.2) is 15.0 Å². The summed E-state index contributed by atoms with van der Waals surface area (Å²) >= 11 is 0. The third kappa shape index (κ3) is 5.70. The average molecular weight is 343 g/mol. The van der Waals surface area contributed by atoms with Gasteiger partial charge < -0.3 is 15.0 Å². The molecule has 0 aliphatic heterocycles. The van der Waals surface area contributed by atoms with Crippen molar-refractivity contribution in [2.75, 3.05) is 19.0 Å². The lowest BCUT2D eigenvalue weighted by Crippen LogP contribution is -2.25. The van der Waals surface area contributed by atoms with Crippen LogP contribution >= 0.6 is 0 Å². The van der Waals surface area contributed by atoms with Crippen LogP contribution in [0, 0.1) is 6.92 Å². The fourth-order valence-corrected chi connectivity index (χ4v) is 2.07. The van der Waals surface area contributed by atoms with Crippen molar-refractivity contribution >= 4 is 11.9 Å². The molecular weight excluding hydrogens is 318 g/mol. The summed E-state index contributed by atoms with van der Waals surface area (Å²) in [6, 6.07) is 5.24. The van der Waals surface area contributed by atoms with Gasteiger partial charge in [-0.2, -0.15) is 0 Å². The molecule has 0 aliphatic rings. The van der Waals surface area contributed by atoms with Crippen LogP contribution in [0.1, 0.15) is 42.5 Å². The maximum Gasteiger partial charge on any atom is 0.253 e. The minimum atomic E-state index is -0.328. The fourth-order valence-electron chi connectivity index (χ4n) is 2.07. The topological polar surface area (TPSA) is 80.2 Å². The smallest absolute Gasteiger partial charge is 0.253 e. The molecule has 0 aromatic carbocycles. The summed E-state index contributed by atoms with van der Waals surface area (Å²) in [4.78, 5) is 27.0. The molecular formula is C18H25N5O2. The van der Waals surface area contributed by atoms with Crippen LogP contribution in [-0.2, 0) is 6.54 Å². The standard InChI is InChI=1S/C18H25N5O2/c1-12-9-14(22-17(21-12)23(5)6)11-20-16(24)13-7-8-15(19-10-13)25-18(2,3)4/h7-10H,11H2,1-6H3,(H,20,24). The number of nitrogens with one attached hydrogen (secondary N) is 1. The molecule has 2 aromatic heterocycles. The molecule has 7 nitrogen and oxygen atoms in total. The lowest BCUT2D eigenvalue weighted by Gasteiger charge is -2.20. The molecule has 2 rings (SSSR count). The van der Waals surface area contributed by atoms with Gasteiger partial charge in [-0.1, -0.05) is 0 Å². The van der Waals surface area contributed by atoms with Gasteiger partial charge in [0.2, 0.25) is 11.8 Å². The quantitative estimate of drug-likeness (QED) is 0.898. The van der Waals surface area contributed by atoms with Crippen molar-refractivity contribution in [2.24, 2.45) is 0 Å². The van der Waals surface area contributed by atoms with Crippen molar-refractivity contribution in [3.8, 4) is 5.88 Å². The van der Waals surface area contributed by atoms with Gasteiger partial charge in [-0.15, -0.1) is 0 Å². The summed E-state index contributed by atoms with van der Waals surface area (Å²) in [5, 5.41) is 2.85. The molecule has 0 saturated carbocycles. The molecule has 0 fully saturated rings. The number of nitrogens with zero attached hydrogens (tertiary/aromatic N) is 4. The number of aromatic nitrogens is 3. The highest BCUT2D eigenvalue weighted by atomic mass is 16.5. The maximum atomic E-state index is 12.3. The van der Waals surface area contributed by atoms with Crippen LogP contribution in [0.15, 0.2) is 24.4 Å². The van der Waals surface area contributed by atoms with Gasteiger partial charge in [0.05, 0.1) is 17.8 Å². The first-order chi connectivity index (χ1) is 11.6. The lowest BCUT2D eigenvalue weighted by molar-refractivity contribution is 0.0949. The Kier molecular flexibility index (Phi) is 5.56. The SMILES string of the molecule is Cc1cc(CNC(=O)c2ccc(OC(C)(C)C)nc2)nc(N(C)C)n1. The molecule has 0 spiro atoms. The first kappa shape index (κ1) is 18.6. The zero-order valence-electron chi connectivity index (χ0n) is 15.6. The predicted octanol–water partition coefficient (Wildman–Crippen LogP) is 2.35. The second kappa shape index (κ2) is 7.46. The molecule has 25 heavy (non-hydrogen) atoms. The van der Waals surface area contributed by atoms with E-state index in [2.05, 4.69) is 20.3 Å². The van der Waals surface area contributed by atoms with Gasteiger partial charge in [0.25, 0.3) is 5.91 Å². The van der Waals surface area contributed by atoms with Crippen molar-refractivity contribution in [3.05, 3.63) is 41.3 Å². The van der Waals surface area contributed by atoms with E-state index < -0.39 is 0 Å². The second-order valence-electron chi connectivity index (χ2n) is 6.98. The Hall–Kier alpha value is -2.70. The minimum Gasteiger partial charge on any atom is -0.472 e. The highest BCUT2D eigenvalue weighted by molar-refractivity contribution is 5.93. The minimum absolute atomic E-state index is 0.211. The number of amides is 1. The highest BCUT2D eigenvalue weighted by Gasteiger charge is 2.13. The van der Waals surface area contributed by atoms with E-state index in [0.29, 0.717) is 23.9 Å². The van der Waals surface area contributed by atoms with Crippen molar-refractivity contribution < 1.29 is 9.53 Å². The summed E-state index contributed by atoms with van der Waals surface area (Å²) in [6.45, 7) is 8.06. The summed E-state index contributed by atoms with van der Waals surface area (Å²) in [7, 11) is 3.76. The Bertz CT molecular complexity index is 736. The molecule has 134 valence electrons. The lowest BCUT2D eigenvalue weighted by atomic mass is 10.2. The summed E-state index contributed by atoms with van der Waals surface area (Å²) in [6.07, 6.45) is 1.51. The highest BCUT2D eigenvalue weighted by Crippen LogP contribution is 2.15. The van der Waals surface area contributed by atoms with Crippen LogP contribution in [-0.4, -0.2) is 40.6 Å². The van der Waals surface area contributed by atoms with Crippen LogP contribution in [0.2, 0.25) is 0 Å². The van der Waals surface area contributed by atoms with Crippen LogP contribution in [0.4, 0.5) is 5.95 Å². The summed E-state index contributed by atoms with van der Waals surface area (Å²) in [5.41, 5.74) is 1.75. The Labute approximate surface area is 148 Å². The van der Waals surface area contributed by atoms with E-state index in [0.717, 1.165) is 11.4 Å². The van der Waals surface area contributed by atoms with Crippen molar-refractivity contribution in [1.82, 2.24) is 20.3 Å². The first-order valence-electron chi connectivity index (χ1n) is 8.09. The Morgan fingerprint density at radius 3 is 2.52 bits per heavy atom. The van der Waals surface area contributed by atoms with Gasteiger partial charge in [0.1, 0.15) is 5.60 Å². The van der Waals surface area contributed by atoms with E-state index in [9.17, 15) is 4.79 Å². The summed E-state index contributed by atoms with van der Waals surface area (Å²) in [5.74, 6) is 0.901. The number of rotatable bonds is 5. The third-order valence-electron chi connectivity index (χ3n) is 3.13. The molecule has 2 aromatic rings. The third-order valence-corrected chi connectivity index (χ3v) is 3.13. The Balaban J connectivity index is 2.01. The Morgan fingerprint density at radius 2 is 1.96 bits per heavy atom. The number of hydrogen-bond donors (Lipinski definition) is 1. The van der Waals surface area contributed by atoms with E-state index in [1.165, 1.54) is 6.20 Å². The van der Waals surface area contributed by atoms with Crippen molar-refractivity contribution in [1.29, 1.82) is 0 Å². The number of ether oxygens (including phenoxy) is 1. The number of hydrogen-bond acceptors (Lipinski definition) is 6. The molecule has 0 unspecified atom stereocenters. The second-order valence-corrected chi connectivity index (χ2v) is 6.98. The maximum absolute atomic E-state index is 12.3. The van der Waals surface area contributed by atoms with Crippen LogP contribution < -0.4 is 15.0 Å². The molecule has 0 bridgehead atoms. The first-order valence-corrected chi connectivity index (χ1v) is 8.09. The molecule has 1 N–H and O–H groups in total. The molecule has 2 heterocycles. The van der Waals surface area contributed by atoms with Gasteiger partial charge in [0, 0.05) is 32.1 Å². The number of pyridine rings is 1. The summed E-state index contributed by atoms with van der Waals surface area (Å²) < 4.78 is 5.65. The van der Waals surface area contributed by atoms with E-state index in [1.54, 1.807) is 12.1 Å². The zero-order chi connectivity index (χ0) is 18.6. The average Bonchev–Trinajstić information content (AvgIpc) is 2.51. The zero-order valence-corrected chi connectivity index (χ0v) is 15.6. The number of carbonyl (C=O) groups excluding carboxylic acids is 1. The van der Waals surface area contributed by atoms with E-state index >= 15 is 0 Å². The molecule has 0 aliphatic carbocycles. The van der Waals surface area contributed by atoms with Crippen LogP contribution in [0.5, 0.6) is 5.88 Å². The van der Waals surface area contributed by atoms with Crippen LogP contribution in [0.25, 0.3) is 0 Å². The predicted molar refractivity (Wildman–Crippen MR) is 96.9 cm³/mol. The van der Waals surface area contributed by atoms with Crippen molar-refractivity contribution in [3.63, 3.8) is 0 Å². The number of anilines is 1. The van der Waals surface area contributed by atoms with E-state index in [4.69, 9.17) is 4.74 Å². The van der Waals surface area contributed by atoms with Crippen molar-refractivity contribution in [2.45, 2.75) is 39.8 Å². The number of aryl methyl sites for hydroxylation is 1. The normalized spacial score (nSPS) is 11.1. The van der Waals surface area contributed by atoms with Gasteiger partial charge in [-0.05, 0) is 39.8 Å². The van der Waals surface area contributed by atoms with Crippen LogP contribution in [0.3, 0.4) is 0 Å². The van der Waals surface area contributed by atoms with Gasteiger partial charge in [-0.3, -0.25) is 4.79 Å². The largest absolute Gasteiger partial charge is 0.472 e. The molecule has 1 amide bonds.